The first-order valence-electron chi connectivity index (χ1n) is 10.4. The van der Waals surface area contributed by atoms with E-state index in [2.05, 4.69) is 16.0 Å². The van der Waals surface area contributed by atoms with Gasteiger partial charge in [0.25, 0.3) is 0 Å². The van der Waals surface area contributed by atoms with Crippen molar-refractivity contribution in [2.24, 2.45) is 0 Å². The smallest absolute Gasteiger partial charge is 0.463 e. The molecule has 1 aliphatic rings. The molecule has 0 saturated heterocycles. The Labute approximate surface area is 181 Å². The lowest BCUT2D eigenvalue weighted by molar-refractivity contribution is -0.220. The van der Waals surface area contributed by atoms with Gasteiger partial charge in [0.15, 0.2) is 0 Å². The van der Waals surface area contributed by atoms with Gasteiger partial charge in [-0.3, -0.25) is 13.8 Å². The highest BCUT2D eigenvalue weighted by atomic mass is 31.2. The monoisotopic (exact) mass is 474 g/mol. The molecule has 184 valence electrons. The third-order valence-corrected chi connectivity index (χ3v) is 5.91. The summed E-state index contributed by atoms with van der Waals surface area (Å²) in [6, 6.07) is 0. The summed E-state index contributed by atoms with van der Waals surface area (Å²) in [5.41, 5.74) is 0. The van der Waals surface area contributed by atoms with E-state index < -0.39 is 69.7 Å². The maximum absolute atomic E-state index is 12.0. The van der Waals surface area contributed by atoms with Gasteiger partial charge < -0.3 is 40.3 Å². The lowest BCUT2D eigenvalue weighted by Crippen LogP contribution is -2.64. The number of aliphatic hydroxyl groups is 6. The fourth-order valence-electron chi connectivity index (χ4n) is 3.05. The van der Waals surface area contributed by atoms with Crippen LogP contribution in [-0.2, 0) is 23.1 Å². The summed E-state index contributed by atoms with van der Waals surface area (Å²) in [5, 5.41) is 58.1. The van der Waals surface area contributed by atoms with Gasteiger partial charge in [-0.15, -0.1) is 0 Å². The standard InChI is InChI=1S/C18H35O12P/c1-2-3-4-5-6-7-8-12(20)28-9-11(19)10-29-31(26,27)30-18-16(24)14(22)13(21)15(23)17(18)25/h11,13-19,21-25H,2-10H2,1H3,(H,26,27). The average molecular weight is 474 g/mol. The Morgan fingerprint density at radius 1 is 0.871 bits per heavy atom. The molecule has 6 atom stereocenters. The van der Waals surface area contributed by atoms with Crippen LogP contribution < -0.4 is 0 Å². The van der Waals surface area contributed by atoms with Gasteiger partial charge in [-0.2, -0.15) is 0 Å². The summed E-state index contributed by atoms with van der Waals surface area (Å²) in [6.07, 6.45) is -7.01. The summed E-state index contributed by atoms with van der Waals surface area (Å²) in [7, 11) is -4.97. The topological polar surface area (TPSA) is 203 Å². The van der Waals surface area contributed by atoms with Crippen molar-refractivity contribution in [3.63, 3.8) is 0 Å². The van der Waals surface area contributed by atoms with E-state index in [0.717, 1.165) is 32.1 Å². The van der Waals surface area contributed by atoms with Crippen molar-refractivity contribution >= 4 is 13.8 Å². The molecule has 1 fully saturated rings. The van der Waals surface area contributed by atoms with E-state index in [9.17, 15) is 44.9 Å². The highest BCUT2D eigenvalue weighted by molar-refractivity contribution is 7.47. The molecule has 0 amide bonds. The third-order valence-electron chi connectivity index (χ3n) is 4.93. The zero-order chi connectivity index (χ0) is 23.6. The molecule has 12 nitrogen and oxygen atoms in total. The van der Waals surface area contributed by atoms with E-state index in [4.69, 9.17) is 4.74 Å². The first-order valence-corrected chi connectivity index (χ1v) is 11.9. The molecule has 6 unspecified atom stereocenters. The maximum Gasteiger partial charge on any atom is 0.472 e. The van der Waals surface area contributed by atoms with Gasteiger partial charge in [0.1, 0.15) is 49.3 Å². The second-order valence-electron chi connectivity index (χ2n) is 7.64. The Morgan fingerprint density at radius 3 is 1.97 bits per heavy atom. The van der Waals surface area contributed by atoms with Gasteiger partial charge in [0.2, 0.25) is 0 Å². The van der Waals surface area contributed by atoms with Crippen LogP contribution in [0.5, 0.6) is 0 Å². The number of phosphoric acid groups is 1. The first kappa shape index (κ1) is 28.4. The molecular formula is C18H35O12P. The number of phosphoric ester groups is 1. The summed E-state index contributed by atoms with van der Waals surface area (Å²) in [5.74, 6) is -0.520. The molecule has 1 aliphatic carbocycles. The number of aliphatic hydroxyl groups excluding tert-OH is 6. The Balaban J connectivity index is 2.34. The predicted molar refractivity (Wildman–Crippen MR) is 106 cm³/mol. The van der Waals surface area contributed by atoms with Crippen molar-refractivity contribution in [2.75, 3.05) is 13.2 Å². The number of esters is 1. The van der Waals surface area contributed by atoms with Crippen molar-refractivity contribution in [3.8, 4) is 0 Å². The largest absolute Gasteiger partial charge is 0.472 e. The predicted octanol–water partition coefficient (Wildman–Crippen LogP) is -1.04. The van der Waals surface area contributed by atoms with Crippen LogP contribution in [0, 0.1) is 0 Å². The normalized spacial score (nSPS) is 31.7. The van der Waals surface area contributed by atoms with Gasteiger partial charge >= 0.3 is 13.8 Å². The molecule has 7 N–H and O–H groups in total. The lowest BCUT2D eigenvalue weighted by Gasteiger charge is -2.41. The van der Waals surface area contributed by atoms with Crippen molar-refractivity contribution < 1.29 is 58.7 Å². The van der Waals surface area contributed by atoms with E-state index in [-0.39, 0.29) is 6.42 Å². The minimum absolute atomic E-state index is 0.190. The molecule has 0 heterocycles. The highest BCUT2D eigenvalue weighted by Crippen LogP contribution is 2.47. The fraction of sp³-hybridized carbons (Fsp3) is 0.944. The molecule has 1 rings (SSSR count). The number of carbonyl (C=O) groups excluding carboxylic acids is 1. The average Bonchev–Trinajstić information content (AvgIpc) is 2.73. The molecular weight excluding hydrogens is 439 g/mol. The Morgan fingerprint density at radius 2 is 1.39 bits per heavy atom. The molecule has 0 aromatic heterocycles. The van der Waals surface area contributed by atoms with Gasteiger partial charge in [-0.25, -0.2) is 4.57 Å². The zero-order valence-electron chi connectivity index (χ0n) is 17.5. The van der Waals surface area contributed by atoms with E-state index in [0.29, 0.717) is 6.42 Å². The third kappa shape index (κ3) is 9.79. The summed E-state index contributed by atoms with van der Waals surface area (Å²) in [6.45, 7) is 0.856. The van der Waals surface area contributed by atoms with Crippen LogP contribution in [0.4, 0.5) is 0 Å². The lowest BCUT2D eigenvalue weighted by atomic mass is 9.85. The van der Waals surface area contributed by atoms with Gasteiger partial charge in [0.05, 0.1) is 6.61 Å². The van der Waals surface area contributed by atoms with Crippen LogP contribution in [0.1, 0.15) is 51.9 Å². The van der Waals surface area contributed by atoms with Crippen LogP contribution in [0.3, 0.4) is 0 Å². The second-order valence-corrected chi connectivity index (χ2v) is 9.05. The summed E-state index contributed by atoms with van der Waals surface area (Å²) < 4.78 is 26.0. The molecule has 0 bridgehead atoms. The van der Waals surface area contributed by atoms with E-state index in [1.54, 1.807) is 0 Å². The second kappa shape index (κ2) is 13.8. The number of hydrogen-bond acceptors (Lipinski definition) is 11. The number of ether oxygens (including phenoxy) is 1. The SMILES string of the molecule is CCCCCCCCC(=O)OCC(O)COP(=O)(O)OC1C(O)C(O)C(O)C(O)C1O. The number of carbonyl (C=O) groups is 1. The molecule has 0 aliphatic heterocycles. The Bertz CT molecular complexity index is 560. The minimum atomic E-state index is -4.97. The molecule has 0 spiro atoms. The summed E-state index contributed by atoms with van der Waals surface area (Å²) >= 11 is 0. The number of hydrogen-bond donors (Lipinski definition) is 7. The van der Waals surface area contributed by atoms with Gasteiger partial charge in [0, 0.05) is 6.42 Å². The molecule has 1 saturated carbocycles. The zero-order valence-corrected chi connectivity index (χ0v) is 18.4. The number of unbranched alkanes of at least 4 members (excludes halogenated alkanes) is 5. The molecule has 31 heavy (non-hydrogen) atoms. The van der Waals surface area contributed by atoms with E-state index in [1.165, 1.54) is 0 Å². The minimum Gasteiger partial charge on any atom is -0.463 e. The van der Waals surface area contributed by atoms with Gasteiger partial charge in [-0.1, -0.05) is 39.0 Å². The quantitative estimate of drug-likeness (QED) is 0.0916. The van der Waals surface area contributed by atoms with Gasteiger partial charge in [-0.05, 0) is 6.42 Å². The van der Waals surface area contributed by atoms with Crippen molar-refractivity contribution in [2.45, 2.75) is 94.6 Å². The van der Waals surface area contributed by atoms with Crippen LogP contribution in [0.25, 0.3) is 0 Å². The van der Waals surface area contributed by atoms with Crippen molar-refractivity contribution in [1.29, 1.82) is 0 Å². The summed E-state index contributed by atoms with van der Waals surface area (Å²) in [4.78, 5) is 21.4. The van der Waals surface area contributed by atoms with Crippen LogP contribution in [0.2, 0.25) is 0 Å². The van der Waals surface area contributed by atoms with Crippen LogP contribution in [-0.4, -0.2) is 97.4 Å². The van der Waals surface area contributed by atoms with Crippen LogP contribution in [0.15, 0.2) is 0 Å². The maximum atomic E-state index is 12.0. The number of rotatable bonds is 14. The highest BCUT2D eigenvalue weighted by Gasteiger charge is 2.51. The fourth-order valence-corrected chi connectivity index (χ4v) is 4.02. The molecule has 0 radical (unpaired) electrons. The molecule has 0 aromatic carbocycles. The van der Waals surface area contributed by atoms with Crippen LogP contribution >= 0.6 is 7.82 Å². The first-order chi connectivity index (χ1) is 14.5. The Hall–Kier alpha value is -0.660. The van der Waals surface area contributed by atoms with Crippen molar-refractivity contribution in [1.82, 2.24) is 0 Å². The van der Waals surface area contributed by atoms with E-state index in [1.807, 2.05) is 0 Å². The molecule has 0 aromatic rings. The Kier molecular flexibility index (Phi) is 12.6. The van der Waals surface area contributed by atoms with E-state index >= 15 is 0 Å². The molecule has 13 heteroatoms. The van der Waals surface area contributed by atoms with Crippen molar-refractivity contribution in [3.05, 3.63) is 0 Å².